The van der Waals surface area contributed by atoms with E-state index in [9.17, 15) is 13.0 Å². The largest absolute Gasteiger partial charge is 0.748 e. The quantitative estimate of drug-likeness (QED) is 0.686. The highest BCUT2D eigenvalue weighted by Gasteiger charge is 2.05. The highest BCUT2D eigenvalue weighted by molar-refractivity contribution is 7.84. The summed E-state index contributed by atoms with van der Waals surface area (Å²) in [5.41, 5.74) is 0.632. The maximum atomic E-state index is 10.4. The Morgan fingerprint density at radius 3 is 2.42 bits per heavy atom. The second kappa shape index (κ2) is 3.16. The number of rotatable bonds is 2. The number of aryl methyl sites for hydroxylation is 2. The van der Waals surface area contributed by atoms with Gasteiger partial charge in [0.1, 0.15) is 0 Å². The first-order chi connectivity index (χ1) is 5.38. The van der Waals surface area contributed by atoms with Crippen molar-refractivity contribution < 1.29 is 13.0 Å². The van der Waals surface area contributed by atoms with Crippen LogP contribution in [0, 0.1) is 13.8 Å². The topological polar surface area (TPSA) is 57.2 Å². The lowest BCUT2D eigenvalue weighted by Crippen LogP contribution is -2.01. The minimum atomic E-state index is -4.13. The predicted octanol–water partition coefficient (Wildman–Crippen LogP) is 1.41. The van der Waals surface area contributed by atoms with Crippen molar-refractivity contribution in [2.24, 2.45) is 0 Å². The molecule has 0 atom stereocenters. The molecule has 12 heavy (non-hydrogen) atoms. The Hall–Kier alpha value is -0.390. The van der Waals surface area contributed by atoms with Crippen molar-refractivity contribution in [2.75, 3.05) is 0 Å². The molecule has 1 aromatic rings. The average Bonchev–Trinajstić information content (AvgIpc) is 2.06. The van der Waals surface area contributed by atoms with Gasteiger partial charge in [-0.2, -0.15) is 0 Å². The van der Waals surface area contributed by atoms with E-state index in [0.717, 1.165) is 9.75 Å². The number of thiophene rings is 1. The Bertz CT molecular complexity index is 375. The van der Waals surface area contributed by atoms with Gasteiger partial charge in [-0.15, -0.1) is 11.3 Å². The van der Waals surface area contributed by atoms with Crippen molar-refractivity contribution in [3.8, 4) is 0 Å². The zero-order chi connectivity index (χ0) is 9.35. The molecule has 0 spiro atoms. The first-order valence-electron chi connectivity index (χ1n) is 3.38. The summed E-state index contributed by atoms with van der Waals surface area (Å²) in [4.78, 5) is 1.94. The van der Waals surface area contributed by atoms with Gasteiger partial charge in [-0.25, -0.2) is 8.42 Å². The van der Waals surface area contributed by atoms with Gasteiger partial charge >= 0.3 is 0 Å². The summed E-state index contributed by atoms with van der Waals surface area (Å²) in [5.74, 6) is -0.386. The van der Waals surface area contributed by atoms with Crippen LogP contribution in [0.15, 0.2) is 6.07 Å². The molecular formula is C7H9O3S2-. The maximum Gasteiger partial charge on any atom is 0.0988 e. The molecule has 0 N–H and O–H groups in total. The van der Waals surface area contributed by atoms with Crippen molar-refractivity contribution in [3.05, 3.63) is 21.4 Å². The summed E-state index contributed by atoms with van der Waals surface area (Å²) in [6, 6.07) is 1.75. The van der Waals surface area contributed by atoms with Crippen molar-refractivity contribution >= 4 is 21.5 Å². The highest BCUT2D eigenvalue weighted by atomic mass is 32.2. The third-order valence-electron chi connectivity index (χ3n) is 1.48. The van der Waals surface area contributed by atoms with Gasteiger partial charge in [-0.05, 0) is 25.5 Å². The molecule has 0 fully saturated rings. The lowest BCUT2D eigenvalue weighted by molar-refractivity contribution is 0.462. The summed E-state index contributed by atoms with van der Waals surface area (Å²) in [7, 11) is -4.13. The summed E-state index contributed by atoms with van der Waals surface area (Å²) in [6.45, 7) is 3.71. The van der Waals surface area contributed by atoms with Gasteiger partial charge in [-0.3, -0.25) is 0 Å². The van der Waals surface area contributed by atoms with Crippen LogP contribution in [0.4, 0.5) is 0 Å². The molecule has 0 saturated carbocycles. The van der Waals surface area contributed by atoms with E-state index in [1.54, 1.807) is 6.07 Å². The molecular weight excluding hydrogens is 196 g/mol. The van der Waals surface area contributed by atoms with Crippen LogP contribution in [0.5, 0.6) is 0 Å². The van der Waals surface area contributed by atoms with Gasteiger partial charge < -0.3 is 4.55 Å². The Morgan fingerprint density at radius 2 is 2.08 bits per heavy atom. The van der Waals surface area contributed by atoms with Gasteiger partial charge in [0, 0.05) is 9.75 Å². The van der Waals surface area contributed by atoms with Gasteiger partial charge in [0.05, 0.1) is 15.9 Å². The second-order valence-electron chi connectivity index (χ2n) is 2.64. The molecule has 0 aliphatic heterocycles. The van der Waals surface area contributed by atoms with E-state index in [2.05, 4.69) is 0 Å². The van der Waals surface area contributed by atoms with Gasteiger partial charge in [-0.1, -0.05) is 0 Å². The normalized spacial score (nSPS) is 11.9. The van der Waals surface area contributed by atoms with Crippen molar-refractivity contribution in [1.82, 2.24) is 0 Å². The Morgan fingerprint density at radius 1 is 1.50 bits per heavy atom. The molecule has 0 unspecified atom stereocenters. The van der Waals surface area contributed by atoms with Crippen molar-refractivity contribution in [2.45, 2.75) is 19.6 Å². The predicted molar refractivity (Wildman–Crippen MR) is 47.2 cm³/mol. The van der Waals surface area contributed by atoms with E-state index in [1.807, 2.05) is 13.8 Å². The van der Waals surface area contributed by atoms with Crippen LogP contribution < -0.4 is 0 Å². The molecule has 68 valence electrons. The molecule has 0 bridgehead atoms. The SMILES string of the molecule is Cc1cc(CS(=O)(=O)[O-])c(C)s1. The molecule has 0 saturated heterocycles. The van der Waals surface area contributed by atoms with Gasteiger partial charge in [0.2, 0.25) is 0 Å². The molecule has 5 heteroatoms. The second-order valence-corrected chi connectivity index (χ2v) is 5.50. The molecule has 3 nitrogen and oxygen atoms in total. The van der Waals surface area contributed by atoms with Crippen molar-refractivity contribution in [1.29, 1.82) is 0 Å². The van der Waals surface area contributed by atoms with Crippen LogP contribution in [0.2, 0.25) is 0 Å². The minimum absolute atomic E-state index is 0.386. The Labute approximate surface area is 75.8 Å². The first kappa shape index (κ1) is 9.70. The van der Waals surface area contributed by atoms with Crippen LogP contribution in [0.3, 0.4) is 0 Å². The fourth-order valence-corrected chi connectivity index (χ4v) is 2.74. The number of hydrogen-bond donors (Lipinski definition) is 0. The van der Waals surface area contributed by atoms with Crippen LogP contribution >= 0.6 is 11.3 Å². The number of hydrogen-bond acceptors (Lipinski definition) is 4. The summed E-state index contributed by atoms with van der Waals surface area (Å²) in [5, 5.41) is 0. The summed E-state index contributed by atoms with van der Waals surface area (Å²) >= 11 is 1.51. The lowest BCUT2D eigenvalue weighted by Gasteiger charge is -2.04. The van der Waals surface area contributed by atoms with Crippen LogP contribution in [0.25, 0.3) is 0 Å². The minimum Gasteiger partial charge on any atom is -0.748 e. The average molecular weight is 205 g/mol. The van der Waals surface area contributed by atoms with Crippen LogP contribution in [-0.4, -0.2) is 13.0 Å². The van der Waals surface area contributed by atoms with Crippen LogP contribution in [-0.2, 0) is 15.9 Å². The summed E-state index contributed by atoms with van der Waals surface area (Å²) < 4.78 is 31.2. The molecule has 0 aliphatic rings. The molecule has 0 amide bonds. The lowest BCUT2D eigenvalue weighted by atomic mass is 10.3. The zero-order valence-corrected chi connectivity index (χ0v) is 8.46. The van der Waals surface area contributed by atoms with Gasteiger partial charge in [0.15, 0.2) is 0 Å². The molecule has 1 rings (SSSR count). The highest BCUT2D eigenvalue weighted by Crippen LogP contribution is 2.21. The molecule has 1 aromatic heterocycles. The molecule has 0 aromatic carbocycles. The summed E-state index contributed by atoms with van der Waals surface area (Å²) in [6.07, 6.45) is 0. The van der Waals surface area contributed by atoms with E-state index < -0.39 is 10.1 Å². The van der Waals surface area contributed by atoms with E-state index in [-0.39, 0.29) is 5.75 Å². The molecule has 0 aliphatic carbocycles. The molecule has 0 radical (unpaired) electrons. The van der Waals surface area contributed by atoms with Crippen molar-refractivity contribution in [3.63, 3.8) is 0 Å². The van der Waals surface area contributed by atoms with E-state index in [0.29, 0.717) is 5.56 Å². The third-order valence-corrected chi connectivity index (χ3v) is 3.15. The maximum absolute atomic E-state index is 10.4. The Kier molecular flexibility index (Phi) is 2.55. The third kappa shape index (κ3) is 2.58. The Balaban J connectivity index is 2.97. The smallest absolute Gasteiger partial charge is 0.0988 e. The van der Waals surface area contributed by atoms with Gasteiger partial charge in [0.25, 0.3) is 0 Å². The van der Waals surface area contributed by atoms with Crippen LogP contribution in [0.1, 0.15) is 15.3 Å². The zero-order valence-electron chi connectivity index (χ0n) is 6.83. The van der Waals surface area contributed by atoms with E-state index >= 15 is 0 Å². The molecule has 1 heterocycles. The fraction of sp³-hybridized carbons (Fsp3) is 0.429. The van der Waals surface area contributed by atoms with E-state index in [1.165, 1.54) is 11.3 Å². The standard InChI is InChI=1S/C7H10O3S2/c1-5-3-7(6(2)11-5)4-12(8,9)10/h3H,4H2,1-2H3,(H,8,9,10)/p-1. The van der Waals surface area contributed by atoms with E-state index in [4.69, 9.17) is 0 Å². The fourth-order valence-electron chi connectivity index (χ4n) is 1.02. The first-order valence-corrected chi connectivity index (χ1v) is 5.77. The monoisotopic (exact) mass is 205 g/mol.